The van der Waals surface area contributed by atoms with Gasteiger partial charge in [-0.3, -0.25) is 4.98 Å². The van der Waals surface area contributed by atoms with Gasteiger partial charge >= 0.3 is 0 Å². The van der Waals surface area contributed by atoms with Gasteiger partial charge in [0.2, 0.25) is 0 Å². The average Bonchev–Trinajstić information content (AvgIpc) is 2.78. The van der Waals surface area contributed by atoms with E-state index in [1.807, 2.05) is 18.2 Å². The van der Waals surface area contributed by atoms with Crippen LogP contribution in [0.2, 0.25) is 0 Å². The first-order valence-corrected chi connectivity index (χ1v) is 5.17. The van der Waals surface area contributed by atoms with Crippen molar-refractivity contribution < 1.29 is 4.42 Å². The summed E-state index contributed by atoms with van der Waals surface area (Å²) in [4.78, 5) is 8.50. The Morgan fingerprint density at radius 3 is 2.87 bits per heavy atom. The van der Waals surface area contributed by atoms with E-state index in [9.17, 15) is 0 Å². The fourth-order valence-electron chi connectivity index (χ4n) is 1.49. The van der Waals surface area contributed by atoms with Crippen LogP contribution in [0.5, 0.6) is 0 Å². The lowest BCUT2D eigenvalue weighted by molar-refractivity contribution is 0.466. The van der Waals surface area contributed by atoms with Crippen molar-refractivity contribution >= 4 is 0 Å². The van der Waals surface area contributed by atoms with Crippen molar-refractivity contribution in [1.29, 1.82) is 0 Å². The van der Waals surface area contributed by atoms with Gasteiger partial charge < -0.3 is 4.42 Å². The third-order valence-corrected chi connectivity index (χ3v) is 2.56. The fourth-order valence-corrected chi connectivity index (χ4v) is 1.49. The summed E-state index contributed by atoms with van der Waals surface area (Å²) < 4.78 is 5.42. The highest BCUT2D eigenvalue weighted by atomic mass is 16.3. The quantitative estimate of drug-likeness (QED) is 0.766. The number of pyridine rings is 1. The maximum absolute atomic E-state index is 5.42. The van der Waals surface area contributed by atoms with Crippen molar-refractivity contribution in [2.45, 2.75) is 26.2 Å². The zero-order valence-electron chi connectivity index (χ0n) is 8.97. The highest BCUT2D eigenvalue weighted by Gasteiger charge is 2.16. The van der Waals surface area contributed by atoms with Crippen LogP contribution in [-0.4, -0.2) is 9.97 Å². The summed E-state index contributed by atoms with van der Waals surface area (Å²) in [6.45, 7) is 4.27. The summed E-state index contributed by atoms with van der Waals surface area (Å²) in [7, 11) is 0. The lowest BCUT2D eigenvalue weighted by Crippen LogP contribution is -1.93. The van der Waals surface area contributed by atoms with Crippen molar-refractivity contribution in [3.05, 3.63) is 36.5 Å². The van der Waals surface area contributed by atoms with Crippen molar-refractivity contribution in [2.75, 3.05) is 0 Å². The molecular formula is C12H14N2O. The molecule has 15 heavy (non-hydrogen) atoms. The van der Waals surface area contributed by atoms with Crippen LogP contribution in [0.15, 0.2) is 35.2 Å². The molecule has 2 aromatic heterocycles. The van der Waals surface area contributed by atoms with E-state index in [1.165, 1.54) is 6.39 Å². The third kappa shape index (κ3) is 1.91. The average molecular weight is 202 g/mol. The molecule has 1 unspecified atom stereocenters. The molecule has 0 aliphatic heterocycles. The number of aromatic nitrogens is 2. The first-order valence-electron chi connectivity index (χ1n) is 5.17. The van der Waals surface area contributed by atoms with E-state index in [1.54, 1.807) is 6.20 Å². The molecule has 0 radical (unpaired) electrons. The number of hydrogen-bond donors (Lipinski definition) is 0. The summed E-state index contributed by atoms with van der Waals surface area (Å²) in [5.41, 5.74) is 1.74. The normalized spacial score (nSPS) is 12.7. The van der Waals surface area contributed by atoms with Crippen LogP contribution in [0.1, 0.15) is 31.9 Å². The van der Waals surface area contributed by atoms with Gasteiger partial charge in [-0.1, -0.05) is 19.9 Å². The van der Waals surface area contributed by atoms with Crippen molar-refractivity contribution in [3.8, 4) is 11.4 Å². The summed E-state index contributed by atoms with van der Waals surface area (Å²) in [6, 6.07) is 5.80. The first-order chi connectivity index (χ1) is 7.33. The molecule has 0 bridgehead atoms. The van der Waals surface area contributed by atoms with Crippen LogP contribution in [-0.2, 0) is 0 Å². The van der Waals surface area contributed by atoms with Crippen molar-refractivity contribution in [1.82, 2.24) is 9.97 Å². The monoisotopic (exact) mass is 202 g/mol. The number of nitrogens with zero attached hydrogens (tertiary/aromatic N) is 2. The van der Waals surface area contributed by atoms with E-state index >= 15 is 0 Å². The molecule has 3 heteroatoms. The van der Waals surface area contributed by atoms with Crippen molar-refractivity contribution in [3.63, 3.8) is 0 Å². The highest BCUT2D eigenvalue weighted by Crippen LogP contribution is 2.28. The van der Waals surface area contributed by atoms with Crippen LogP contribution in [0.4, 0.5) is 0 Å². The van der Waals surface area contributed by atoms with E-state index in [0.29, 0.717) is 5.92 Å². The minimum atomic E-state index is 0.379. The second-order valence-corrected chi connectivity index (χ2v) is 3.59. The molecule has 0 aliphatic rings. The molecule has 0 amide bonds. The standard InChI is InChI=1S/C12H14N2O/c1-3-9(2)12-11(14-8-15-12)10-6-4-5-7-13-10/h4-9H,3H2,1-2H3. The minimum absolute atomic E-state index is 0.379. The summed E-state index contributed by atoms with van der Waals surface area (Å²) in [6.07, 6.45) is 4.30. The predicted octanol–water partition coefficient (Wildman–Crippen LogP) is 3.25. The largest absolute Gasteiger partial charge is 0.447 e. The topological polar surface area (TPSA) is 38.9 Å². The van der Waals surface area contributed by atoms with E-state index in [4.69, 9.17) is 4.42 Å². The molecule has 2 heterocycles. The van der Waals surface area contributed by atoms with E-state index in [2.05, 4.69) is 23.8 Å². The summed E-state index contributed by atoms with van der Waals surface area (Å²) in [5, 5.41) is 0. The second kappa shape index (κ2) is 4.26. The van der Waals surface area contributed by atoms with Gasteiger partial charge in [0.1, 0.15) is 11.5 Å². The van der Waals surface area contributed by atoms with Crippen LogP contribution < -0.4 is 0 Å². The first kappa shape index (κ1) is 9.90. The molecule has 1 atom stereocenters. The molecule has 0 aromatic carbocycles. The molecule has 0 saturated heterocycles. The van der Waals surface area contributed by atoms with Gasteiger partial charge in [0.25, 0.3) is 0 Å². The zero-order valence-corrected chi connectivity index (χ0v) is 8.97. The Labute approximate surface area is 89.2 Å². The van der Waals surface area contributed by atoms with Gasteiger partial charge in [0, 0.05) is 12.1 Å². The summed E-state index contributed by atoms with van der Waals surface area (Å²) >= 11 is 0. The molecule has 0 N–H and O–H groups in total. The fraction of sp³-hybridized carbons (Fsp3) is 0.333. The van der Waals surface area contributed by atoms with Crippen LogP contribution in [0.25, 0.3) is 11.4 Å². The van der Waals surface area contributed by atoms with Crippen LogP contribution >= 0.6 is 0 Å². The molecule has 3 nitrogen and oxygen atoms in total. The van der Waals surface area contributed by atoms with Crippen molar-refractivity contribution in [2.24, 2.45) is 0 Å². The number of oxazole rings is 1. The zero-order chi connectivity index (χ0) is 10.7. The van der Waals surface area contributed by atoms with Gasteiger partial charge in [0.15, 0.2) is 6.39 Å². The number of rotatable bonds is 3. The van der Waals surface area contributed by atoms with E-state index < -0.39 is 0 Å². The third-order valence-electron chi connectivity index (χ3n) is 2.56. The molecule has 2 aromatic rings. The summed E-state index contributed by atoms with van der Waals surface area (Å²) in [5.74, 6) is 1.31. The van der Waals surface area contributed by atoms with E-state index in [-0.39, 0.29) is 0 Å². The lowest BCUT2D eigenvalue weighted by atomic mass is 10.0. The predicted molar refractivity (Wildman–Crippen MR) is 58.4 cm³/mol. The van der Waals surface area contributed by atoms with Crippen LogP contribution in [0, 0.1) is 0 Å². The Balaban J connectivity index is 2.41. The molecule has 78 valence electrons. The maximum atomic E-state index is 5.42. The molecule has 2 rings (SSSR count). The van der Waals surface area contributed by atoms with Gasteiger partial charge in [-0.05, 0) is 18.6 Å². The smallest absolute Gasteiger partial charge is 0.181 e. The molecular weight excluding hydrogens is 188 g/mol. The molecule has 0 fully saturated rings. The second-order valence-electron chi connectivity index (χ2n) is 3.59. The Hall–Kier alpha value is -1.64. The Morgan fingerprint density at radius 2 is 2.20 bits per heavy atom. The minimum Gasteiger partial charge on any atom is -0.447 e. The van der Waals surface area contributed by atoms with Gasteiger partial charge in [-0.2, -0.15) is 0 Å². The Bertz CT molecular complexity index is 422. The van der Waals surface area contributed by atoms with Crippen LogP contribution in [0.3, 0.4) is 0 Å². The maximum Gasteiger partial charge on any atom is 0.181 e. The van der Waals surface area contributed by atoms with Gasteiger partial charge in [-0.25, -0.2) is 4.98 Å². The molecule has 0 aliphatic carbocycles. The molecule has 0 spiro atoms. The highest BCUT2D eigenvalue weighted by molar-refractivity contribution is 5.56. The Kier molecular flexibility index (Phi) is 2.81. The van der Waals surface area contributed by atoms with Gasteiger partial charge in [-0.15, -0.1) is 0 Å². The van der Waals surface area contributed by atoms with E-state index in [0.717, 1.165) is 23.6 Å². The Morgan fingerprint density at radius 1 is 1.33 bits per heavy atom. The number of hydrogen-bond acceptors (Lipinski definition) is 3. The SMILES string of the molecule is CCC(C)c1ocnc1-c1ccccn1. The lowest BCUT2D eigenvalue weighted by Gasteiger charge is -2.05. The molecule has 0 saturated carbocycles. The van der Waals surface area contributed by atoms with Gasteiger partial charge in [0.05, 0.1) is 5.69 Å².